The van der Waals surface area contributed by atoms with Crippen molar-refractivity contribution >= 4 is 23.7 Å². The normalized spacial score (nSPS) is 11.1. The Bertz CT molecular complexity index is 899. The lowest BCUT2D eigenvalue weighted by molar-refractivity contribution is -0.121. The van der Waals surface area contributed by atoms with Crippen molar-refractivity contribution in [2.45, 2.75) is 6.42 Å². The number of halogens is 1. The first kappa shape index (κ1) is 19.9. The zero-order chi connectivity index (χ0) is 19.8. The molecule has 0 radical (unpaired) electrons. The first-order valence-corrected chi connectivity index (χ1v) is 8.05. The molecule has 0 aliphatic carbocycles. The van der Waals surface area contributed by atoms with Gasteiger partial charge in [0.05, 0.1) is 20.6 Å². The van der Waals surface area contributed by atoms with Crippen LogP contribution in [0, 0.1) is 5.82 Å². The molecule has 0 fully saturated rings. The Labute approximate surface area is 156 Å². The molecule has 27 heavy (non-hydrogen) atoms. The van der Waals surface area contributed by atoms with Crippen LogP contribution in [-0.2, 0) is 9.59 Å². The third-order valence-corrected chi connectivity index (χ3v) is 3.65. The molecule has 2 aromatic carbocycles. The molecule has 0 heterocycles. The summed E-state index contributed by atoms with van der Waals surface area (Å²) in [6.07, 6.45) is 5.23. The second kappa shape index (κ2) is 9.33. The Balaban J connectivity index is 1.95. The predicted molar refractivity (Wildman–Crippen MR) is 100 cm³/mol. The molecule has 0 saturated carbocycles. The number of ether oxygens (including phenoxy) is 2. The van der Waals surface area contributed by atoms with E-state index in [1.807, 2.05) is 0 Å². The third-order valence-electron chi connectivity index (χ3n) is 3.65. The zero-order valence-corrected chi connectivity index (χ0v) is 14.9. The molecule has 0 amide bonds. The average Bonchev–Trinajstić information content (AvgIpc) is 2.65. The van der Waals surface area contributed by atoms with E-state index >= 15 is 0 Å². The number of phenolic OH excluding ortho intramolecular Hbond substituents is 1. The molecule has 0 bridgehead atoms. The number of hydrogen-bond acceptors (Lipinski definition) is 5. The van der Waals surface area contributed by atoms with E-state index in [0.29, 0.717) is 16.9 Å². The van der Waals surface area contributed by atoms with E-state index in [2.05, 4.69) is 0 Å². The number of rotatable bonds is 8. The molecule has 0 aromatic heterocycles. The van der Waals surface area contributed by atoms with Crippen LogP contribution in [0.15, 0.2) is 48.6 Å². The van der Waals surface area contributed by atoms with Gasteiger partial charge in [0.25, 0.3) is 0 Å². The fraction of sp³-hybridized carbons (Fsp3) is 0.143. The predicted octanol–water partition coefficient (Wildman–Crippen LogP) is 3.80. The van der Waals surface area contributed by atoms with Gasteiger partial charge in [-0.3, -0.25) is 9.59 Å². The van der Waals surface area contributed by atoms with Gasteiger partial charge in [-0.05, 0) is 47.5 Å². The molecule has 0 atom stereocenters. The summed E-state index contributed by atoms with van der Waals surface area (Å²) >= 11 is 0. The van der Waals surface area contributed by atoms with Crippen molar-refractivity contribution in [1.29, 1.82) is 0 Å². The standard InChI is InChI=1S/C21H19FO5/c1-26-20-10-6-14(11-19(20)25)3-7-16(23)13-17(24)8-4-15-5-9-18(22)21(12-15)27-2/h3-12,25H,13H2,1-2H3. The van der Waals surface area contributed by atoms with E-state index in [1.54, 1.807) is 12.1 Å². The molecule has 2 aromatic rings. The van der Waals surface area contributed by atoms with E-state index in [-0.39, 0.29) is 29.5 Å². The molecule has 0 spiro atoms. The van der Waals surface area contributed by atoms with E-state index in [4.69, 9.17) is 9.47 Å². The van der Waals surface area contributed by atoms with Crippen LogP contribution in [0.25, 0.3) is 12.2 Å². The zero-order valence-electron chi connectivity index (χ0n) is 14.9. The fourth-order valence-corrected chi connectivity index (χ4v) is 2.26. The molecule has 2 rings (SSSR count). The quantitative estimate of drug-likeness (QED) is 0.565. The SMILES string of the molecule is COc1ccc(C=CC(=O)CC(=O)C=Cc2ccc(F)c(OC)c2)cc1O. The highest BCUT2D eigenvalue weighted by molar-refractivity contribution is 6.10. The summed E-state index contributed by atoms with van der Waals surface area (Å²) in [5, 5.41) is 9.70. The maximum Gasteiger partial charge on any atom is 0.165 e. The van der Waals surface area contributed by atoms with Crippen molar-refractivity contribution in [2.24, 2.45) is 0 Å². The number of carbonyl (C=O) groups is 2. The number of carbonyl (C=O) groups excluding carboxylic acids is 2. The fourth-order valence-electron chi connectivity index (χ4n) is 2.26. The van der Waals surface area contributed by atoms with Crippen LogP contribution in [0.2, 0.25) is 0 Å². The highest BCUT2D eigenvalue weighted by Crippen LogP contribution is 2.26. The number of methoxy groups -OCH3 is 2. The summed E-state index contributed by atoms with van der Waals surface area (Å²) in [4.78, 5) is 23.8. The minimum Gasteiger partial charge on any atom is -0.504 e. The highest BCUT2D eigenvalue weighted by atomic mass is 19.1. The molecule has 140 valence electrons. The summed E-state index contributed by atoms with van der Waals surface area (Å²) in [6, 6.07) is 8.89. The van der Waals surface area contributed by atoms with Gasteiger partial charge < -0.3 is 14.6 Å². The Morgan fingerprint density at radius 1 is 0.926 bits per heavy atom. The highest BCUT2D eigenvalue weighted by Gasteiger charge is 2.06. The molecule has 1 N–H and O–H groups in total. The summed E-state index contributed by atoms with van der Waals surface area (Å²) in [5.74, 6) is -0.892. The molecule has 5 nitrogen and oxygen atoms in total. The lowest BCUT2D eigenvalue weighted by Gasteiger charge is -2.03. The average molecular weight is 370 g/mol. The Morgan fingerprint density at radius 3 is 2.04 bits per heavy atom. The molecule has 0 saturated heterocycles. The van der Waals surface area contributed by atoms with Crippen LogP contribution in [0.3, 0.4) is 0 Å². The van der Waals surface area contributed by atoms with Gasteiger partial charge in [0, 0.05) is 0 Å². The van der Waals surface area contributed by atoms with Gasteiger partial charge in [-0.1, -0.05) is 24.3 Å². The second-order valence-corrected chi connectivity index (χ2v) is 5.60. The minimum absolute atomic E-state index is 0.0409. The number of benzene rings is 2. The van der Waals surface area contributed by atoms with Crippen LogP contribution < -0.4 is 9.47 Å². The minimum atomic E-state index is -0.495. The maximum atomic E-state index is 13.3. The van der Waals surface area contributed by atoms with Gasteiger partial charge in [0.1, 0.15) is 0 Å². The van der Waals surface area contributed by atoms with Gasteiger partial charge in [-0.25, -0.2) is 4.39 Å². The van der Waals surface area contributed by atoms with Gasteiger partial charge in [0.15, 0.2) is 34.6 Å². The Hall–Kier alpha value is -3.41. The first-order valence-electron chi connectivity index (χ1n) is 8.05. The van der Waals surface area contributed by atoms with Crippen molar-refractivity contribution in [3.63, 3.8) is 0 Å². The van der Waals surface area contributed by atoms with Crippen molar-refractivity contribution in [2.75, 3.05) is 14.2 Å². The number of hydrogen-bond donors (Lipinski definition) is 1. The smallest absolute Gasteiger partial charge is 0.165 e. The first-order chi connectivity index (χ1) is 12.9. The van der Waals surface area contributed by atoms with Gasteiger partial charge in [-0.15, -0.1) is 0 Å². The van der Waals surface area contributed by atoms with Crippen LogP contribution >= 0.6 is 0 Å². The van der Waals surface area contributed by atoms with E-state index in [0.717, 1.165) is 0 Å². The lowest BCUT2D eigenvalue weighted by Crippen LogP contribution is -2.01. The van der Waals surface area contributed by atoms with Crippen LogP contribution in [0.1, 0.15) is 17.5 Å². The Morgan fingerprint density at radius 2 is 1.48 bits per heavy atom. The third kappa shape index (κ3) is 5.81. The molecular weight excluding hydrogens is 351 g/mol. The molecule has 0 aliphatic rings. The summed E-state index contributed by atoms with van der Waals surface area (Å²) in [5.41, 5.74) is 1.18. The van der Waals surface area contributed by atoms with E-state index in [9.17, 15) is 19.1 Å². The largest absolute Gasteiger partial charge is 0.504 e. The Kier molecular flexibility index (Phi) is 6.88. The molecular formula is C21H19FO5. The van der Waals surface area contributed by atoms with Crippen LogP contribution in [-0.4, -0.2) is 30.9 Å². The van der Waals surface area contributed by atoms with Crippen molar-refractivity contribution in [3.8, 4) is 17.2 Å². The molecule has 0 unspecified atom stereocenters. The molecule has 6 heteroatoms. The number of phenols is 1. The lowest BCUT2D eigenvalue weighted by atomic mass is 10.1. The summed E-state index contributed by atoms with van der Waals surface area (Å²) in [7, 11) is 2.79. The van der Waals surface area contributed by atoms with Gasteiger partial charge in [0.2, 0.25) is 0 Å². The monoisotopic (exact) mass is 370 g/mol. The second-order valence-electron chi connectivity index (χ2n) is 5.60. The maximum absolute atomic E-state index is 13.3. The van der Waals surface area contributed by atoms with Crippen LogP contribution in [0.5, 0.6) is 17.2 Å². The van der Waals surface area contributed by atoms with Crippen molar-refractivity contribution in [3.05, 3.63) is 65.5 Å². The van der Waals surface area contributed by atoms with Crippen molar-refractivity contribution in [1.82, 2.24) is 0 Å². The van der Waals surface area contributed by atoms with Crippen LogP contribution in [0.4, 0.5) is 4.39 Å². The number of aromatic hydroxyl groups is 1. The molecule has 0 aliphatic heterocycles. The summed E-state index contributed by atoms with van der Waals surface area (Å²) < 4.78 is 23.2. The van der Waals surface area contributed by atoms with E-state index in [1.165, 1.54) is 62.8 Å². The number of allylic oxidation sites excluding steroid dienone is 2. The van der Waals surface area contributed by atoms with E-state index < -0.39 is 5.82 Å². The van der Waals surface area contributed by atoms with Gasteiger partial charge >= 0.3 is 0 Å². The number of ketones is 2. The summed E-state index contributed by atoms with van der Waals surface area (Å²) in [6.45, 7) is 0. The van der Waals surface area contributed by atoms with Crippen molar-refractivity contribution < 1.29 is 28.6 Å². The van der Waals surface area contributed by atoms with Gasteiger partial charge in [-0.2, -0.15) is 0 Å². The topological polar surface area (TPSA) is 72.8 Å².